The molecule has 2 aromatic rings. The summed E-state index contributed by atoms with van der Waals surface area (Å²) in [6.45, 7) is 1.90. The van der Waals surface area contributed by atoms with Crippen molar-refractivity contribution >= 4 is 11.7 Å². The molecule has 0 unspecified atom stereocenters. The topological polar surface area (TPSA) is 53.0 Å². The van der Waals surface area contributed by atoms with Crippen LogP contribution in [0.25, 0.3) is 0 Å². The second-order valence-electron chi connectivity index (χ2n) is 4.18. The van der Waals surface area contributed by atoms with Gasteiger partial charge in [-0.15, -0.1) is 0 Å². The van der Waals surface area contributed by atoms with E-state index >= 15 is 0 Å². The minimum atomic E-state index is -0.621. The van der Waals surface area contributed by atoms with Gasteiger partial charge in [-0.1, -0.05) is 35.9 Å². The lowest BCUT2D eigenvalue weighted by atomic mass is 10.1. The second-order valence-corrected chi connectivity index (χ2v) is 4.18. The second kappa shape index (κ2) is 5.44. The third kappa shape index (κ3) is 3.04. The summed E-state index contributed by atoms with van der Waals surface area (Å²) in [4.78, 5) is 11.8. The van der Waals surface area contributed by atoms with E-state index in [4.69, 9.17) is 5.41 Å². The molecule has 0 atom stereocenters. The van der Waals surface area contributed by atoms with E-state index in [9.17, 15) is 9.18 Å². The van der Waals surface area contributed by atoms with Crippen molar-refractivity contribution in [1.29, 1.82) is 5.41 Å². The van der Waals surface area contributed by atoms with Gasteiger partial charge in [0, 0.05) is 5.56 Å². The molecule has 4 heteroatoms. The molecule has 0 aromatic heterocycles. The quantitative estimate of drug-likeness (QED) is 0.630. The summed E-state index contributed by atoms with van der Waals surface area (Å²) >= 11 is 0. The van der Waals surface area contributed by atoms with Crippen LogP contribution < -0.4 is 5.32 Å². The van der Waals surface area contributed by atoms with Gasteiger partial charge in [0.15, 0.2) is 0 Å². The molecule has 96 valence electrons. The summed E-state index contributed by atoms with van der Waals surface area (Å²) in [6.07, 6.45) is 0. The molecular weight excluding hydrogens is 243 g/mol. The van der Waals surface area contributed by atoms with Crippen molar-refractivity contribution < 1.29 is 9.18 Å². The number of amides is 1. The van der Waals surface area contributed by atoms with E-state index in [1.54, 1.807) is 24.3 Å². The molecule has 0 fully saturated rings. The number of rotatable bonds is 2. The lowest BCUT2D eigenvalue weighted by molar-refractivity contribution is 0.0973. The fraction of sp³-hybridized carbons (Fsp3) is 0.0667. The molecule has 0 aliphatic heterocycles. The number of halogens is 1. The van der Waals surface area contributed by atoms with Crippen LogP contribution in [0.3, 0.4) is 0 Å². The van der Waals surface area contributed by atoms with Crippen molar-refractivity contribution in [3.05, 3.63) is 71.0 Å². The van der Waals surface area contributed by atoms with Gasteiger partial charge >= 0.3 is 0 Å². The molecule has 1 amide bonds. The number of amidine groups is 1. The van der Waals surface area contributed by atoms with E-state index < -0.39 is 11.7 Å². The third-order valence-electron chi connectivity index (χ3n) is 2.66. The zero-order valence-electron chi connectivity index (χ0n) is 10.4. The fourth-order valence-corrected chi connectivity index (χ4v) is 1.70. The first kappa shape index (κ1) is 13.0. The molecule has 0 aliphatic rings. The zero-order chi connectivity index (χ0) is 13.8. The summed E-state index contributed by atoms with van der Waals surface area (Å²) in [5, 5.41) is 10.2. The van der Waals surface area contributed by atoms with Crippen molar-refractivity contribution in [2.45, 2.75) is 6.92 Å². The highest BCUT2D eigenvalue weighted by Gasteiger charge is 2.13. The maximum atomic E-state index is 13.4. The van der Waals surface area contributed by atoms with E-state index in [0.29, 0.717) is 5.56 Å². The minimum Gasteiger partial charge on any atom is -0.306 e. The molecule has 3 nitrogen and oxygen atoms in total. The predicted octanol–water partition coefficient (Wildman–Crippen LogP) is 2.89. The molecule has 0 bridgehead atoms. The maximum absolute atomic E-state index is 13.4. The summed E-state index contributed by atoms with van der Waals surface area (Å²) in [7, 11) is 0. The van der Waals surface area contributed by atoms with Crippen molar-refractivity contribution in [3.63, 3.8) is 0 Å². The lowest BCUT2D eigenvalue weighted by Gasteiger charge is -2.08. The highest BCUT2D eigenvalue weighted by Crippen LogP contribution is 2.07. The van der Waals surface area contributed by atoms with E-state index in [2.05, 4.69) is 5.32 Å². The average Bonchev–Trinajstić information content (AvgIpc) is 2.39. The number of aryl methyl sites for hydroxylation is 1. The monoisotopic (exact) mass is 256 g/mol. The molecule has 0 spiro atoms. The van der Waals surface area contributed by atoms with Crippen LogP contribution >= 0.6 is 0 Å². The average molecular weight is 256 g/mol. The molecule has 2 N–H and O–H groups in total. The van der Waals surface area contributed by atoms with Gasteiger partial charge in [0.05, 0.1) is 5.56 Å². The van der Waals surface area contributed by atoms with E-state index in [-0.39, 0.29) is 11.4 Å². The number of carbonyl (C=O) groups is 1. The highest BCUT2D eigenvalue weighted by atomic mass is 19.1. The Kier molecular flexibility index (Phi) is 3.71. The Morgan fingerprint density at radius 1 is 1.16 bits per heavy atom. The lowest BCUT2D eigenvalue weighted by Crippen LogP contribution is -2.31. The standard InChI is InChI=1S/C15H13FN2O/c1-10-5-4-6-11(9-10)14(17)18-15(19)12-7-2-3-8-13(12)16/h2-9H,1H3,(H2,17,18,19). The molecule has 2 rings (SSSR count). The van der Waals surface area contributed by atoms with Crippen LogP contribution in [-0.2, 0) is 0 Å². The van der Waals surface area contributed by atoms with Gasteiger partial charge in [-0.25, -0.2) is 4.39 Å². The summed E-state index contributed by atoms with van der Waals surface area (Å²) in [5.41, 5.74) is 1.51. The number of carbonyl (C=O) groups excluding carboxylic acids is 1. The molecule has 0 saturated heterocycles. The fourth-order valence-electron chi connectivity index (χ4n) is 1.70. The van der Waals surface area contributed by atoms with Gasteiger partial charge in [-0.3, -0.25) is 10.2 Å². The van der Waals surface area contributed by atoms with Crippen LogP contribution in [-0.4, -0.2) is 11.7 Å². The Balaban J connectivity index is 2.16. The summed E-state index contributed by atoms with van der Waals surface area (Å²) in [5.74, 6) is -1.27. The van der Waals surface area contributed by atoms with Crippen LogP contribution in [0.2, 0.25) is 0 Å². The van der Waals surface area contributed by atoms with Crippen LogP contribution in [0.15, 0.2) is 48.5 Å². The van der Waals surface area contributed by atoms with Crippen molar-refractivity contribution in [2.24, 2.45) is 0 Å². The first-order valence-electron chi connectivity index (χ1n) is 5.79. The Morgan fingerprint density at radius 2 is 1.89 bits per heavy atom. The van der Waals surface area contributed by atoms with Gasteiger partial charge in [0.2, 0.25) is 0 Å². The highest BCUT2D eigenvalue weighted by molar-refractivity contribution is 6.11. The Labute approximate surface area is 110 Å². The van der Waals surface area contributed by atoms with E-state index in [1.165, 1.54) is 18.2 Å². The van der Waals surface area contributed by atoms with Crippen LogP contribution in [0, 0.1) is 18.2 Å². The normalized spacial score (nSPS) is 10.0. The molecule has 0 radical (unpaired) electrons. The van der Waals surface area contributed by atoms with Gasteiger partial charge in [-0.05, 0) is 25.1 Å². The van der Waals surface area contributed by atoms with Crippen LogP contribution in [0.1, 0.15) is 21.5 Å². The van der Waals surface area contributed by atoms with Gasteiger partial charge in [0.25, 0.3) is 5.91 Å². The third-order valence-corrected chi connectivity index (χ3v) is 2.66. The smallest absolute Gasteiger partial charge is 0.259 e. The zero-order valence-corrected chi connectivity index (χ0v) is 10.4. The van der Waals surface area contributed by atoms with E-state index in [0.717, 1.165) is 5.56 Å². The summed E-state index contributed by atoms with van der Waals surface area (Å²) < 4.78 is 13.4. The predicted molar refractivity (Wildman–Crippen MR) is 71.9 cm³/mol. The SMILES string of the molecule is Cc1cccc(C(=N)NC(=O)c2ccccc2F)c1. The van der Waals surface area contributed by atoms with Gasteiger partial charge in [0.1, 0.15) is 11.7 Å². The van der Waals surface area contributed by atoms with Gasteiger partial charge < -0.3 is 5.32 Å². The van der Waals surface area contributed by atoms with Crippen molar-refractivity contribution in [1.82, 2.24) is 5.32 Å². The maximum Gasteiger partial charge on any atom is 0.259 e. The van der Waals surface area contributed by atoms with Crippen LogP contribution in [0.4, 0.5) is 4.39 Å². The molecule has 0 saturated carbocycles. The van der Waals surface area contributed by atoms with Crippen molar-refractivity contribution in [3.8, 4) is 0 Å². The van der Waals surface area contributed by atoms with Gasteiger partial charge in [-0.2, -0.15) is 0 Å². The first-order chi connectivity index (χ1) is 9.08. The largest absolute Gasteiger partial charge is 0.306 e. The molecule has 0 heterocycles. The minimum absolute atomic E-state index is 0.0445. The van der Waals surface area contributed by atoms with Crippen molar-refractivity contribution in [2.75, 3.05) is 0 Å². The Morgan fingerprint density at radius 3 is 2.58 bits per heavy atom. The van der Waals surface area contributed by atoms with E-state index in [1.807, 2.05) is 13.0 Å². The molecular formula is C15H13FN2O. The molecule has 19 heavy (non-hydrogen) atoms. The Bertz CT molecular complexity index is 638. The first-order valence-corrected chi connectivity index (χ1v) is 5.79. The molecule has 0 aliphatic carbocycles. The number of hydrogen-bond acceptors (Lipinski definition) is 2. The molecule has 2 aromatic carbocycles. The summed E-state index contributed by atoms with van der Waals surface area (Å²) in [6, 6.07) is 12.9. The number of hydrogen-bond donors (Lipinski definition) is 2. The van der Waals surface area contributed by atoms with Crippen LogP contribution in [0.5, 0.6) is 0 Å². The number of benzene rings is 2. The Hall–Kier alpha value is -2.49. The number of nitrogens with one attached hydrogen (secondary N) is 2.